The van der Waals surface area contributed by atoms with E-state index in [9.17, 15) is 4.79 Å². The van der Waals surface area contributed by atoms with E-state index in [0.717, 1.165) is 37.9 Å². The lowest BCUT2D eigenvalue weighted by atomic mass is 9.98. The number of hydrogen-bond donors (Lipinski definition) is 3. The molecular formula is C22H35N5O3. The molecule has 166 valence electrons. The van der Waals surface area contributed by atoms with Crippen LogP contribution >= 0.6 is 0 Å². The predicted octanol–water partition coefficient (Wildman–Crippen LogP) is 3.14. The van der Waals surface area contributed by atoms with Crippen LogP contribution in [0.2, 0.25) is 0 Å². The van der Waals surface area contributed by atoms with Crippen molar-refractivity contribution in [3.8, 4) is 5.75 Å². The molecule has 0 unspecified atom stereocenters. The number of aromatic nitrogens is 1. The molecule has 30 heavy (non-hydrogen) atoms. The number of nitrogens with two attached hydrogens (primary N) is 2. The van der Waals surface area contributed by atoms with Crippen molar-refractivity contribution in [2.75, 3.05) is 20.2 Å². The Bertz CT molecular complexity index is 738. The maximum Gasteiger partial charge on any atom is 0.407 e. The molecule has 3 rings (SSSR count). The van der Waals surface area contributed by atoms with Crippen molar-refractivity contribution < 1.29 is 14.3 Å². The molecule has 2 aliphatic rings. The Balaban J connectivity index is 1.57. The lowest BCUT2D eigenvalue weighted by molar-refractivity contribution is 0.119. The molecule has 1 amide bonds. The van der Waals surface area contributed by atoms with E-state index in [2.05, 4.69) is 17.2 Å². The van der Waals surface area contributed by atoms with E-state index in [1.165, 1.54) is 24.3 Å². The van der Waals surface area contributed by atoms with Crippen LogP contribution in [0.3, 0.4) is 0 Å². The number of likely N-dealkylation sites (N-methyl/N-ethyl adjacent to an activating group) is 1. The van der Waals surface area contributed by atoms with Gasteiger partial charge < -0.3 is 25.5 Å². The summed E-state index contributed by atoms with van der Waals surface area (Å²) in [6, 6.07) is 3.69. The Kier molecular flexibility index (Phi) is 7.42. The van der Waals surface area contributed by atoms with Gasteiger partial charge in [0.1, 0.15) is 5.75 Å². The smallest absolute Gasteiger partial charge is 0.407 e. The van der Waals surface area contributed by atoms with Gasteiger partial charge in [-0.15, -0.1) is 0 Å². The maximum atomic E-state index is 12.1. The number of pyridine rings is 1. The first kappa shape index (κ1) is 22.2. The number of alkyl carbamates (subject to hydrolysis) is 1. The SMILES string of the molecule is CCC1(COC(=O)NC/C(=C(/N)c2ccc(OC3CCCCC3)cn2)N(C)N)CC1. The van der Waals surface area contributed by atoms with Crippen LogP contribution in [0.5, 0.6) is 5.75 Å². The molecule has 2 aliphatic carbocycles. The first-order chi connectivity index (χ1) is 14.4. The average molecular weight is 418 g/mol. The number of hydrogen-bond acceptors (Lipinski definition) is 7. The first-order valence-electron chi connectivity index (χ1n) is 10.9. The van der Waals surface area contributed by atoms with Crippen molar-refractivity contribution in [3.05, 3.63) is 29.7 Å². The van der Waals surface area contributed by atoms with E-state index in [4.69, 9.17) is 21.1 Å². The van der Waals surface area contributed by atoms with E-state index in [1.807, 2.05) is 12.1 Å². The van der Waals surface area contributed by atoms with Crippen LogP contribution in [-0.4, -0.2) is 42.4 Å². The molecule has 1 aromatic rings. The molecule has 0 atom stereocenters. The highest BCUT2D eigenvalue weighted by molar-refractivity contribution is 5.69. The summed E-state index contributed by atoms with van der Waals surface area (Å²) in [4.78, 5) is 16.5. The zero-order valence-electron chi connectivity index (χ0n) is 18.2. The number of nitrogens with one attached hydrogen (secondary N) is 1. The summed E-state index contributed by atoms with van der Waals surface area (Å²) in [5, 5.41) is 4.12. The topological polar surface area (TPSA) is 116 Å². The van der Waals surface area contributed by atoms with E-state index in [-0.39, 0.29) is 18.1 Å². The van der Waals surface area contributed by atoms with Crippen LogP contribution in [0.25, 0.3) is 5.70 Å². The Labute approximate surface area is 179 Å². The Morgan fingerprint density at radius 2 is 2.03 bits per heavy atom. The average Bonchev–Trinajstić information content (AvgIpc) is 3.54. The van der Waals surface area contributed by atoms with Crippen molar-refractivity contribution in [3.63, 3.8) is 0 Å². The molecule has 0 spiro atoms. The van der Waals surface area contributed by atoms with E-state index in [0.29, 0.717) is 23.7 Å². The summed E-state index contributed by atoms with van der Waals surface area (Å²) in [6.45, 7) is 2.72. The van der Waals surface area contributed by atoms with Crippen LogP contribution in [0.15, 0.2) is 24.0 Å². The highest BCUT2D eigenvalue weighted by atomic mass is 16.5. The molecule has 1 aromatic heterocycles. The lowest BCUT2D eigenvalue weighted by Gasteiger charge is -2.23. The van der Waals surface area contributed by atoms with E-state index >= 15 is 0 Å². The first-order valence-corrected chi connectivity index (χ1v) is 10.9. The second-order valence-electron chi connectivity index (χ2n) is 8.51. The minimum Gasteiger partial charge on any atom is -0.489 e. The van der Waals surface area contributed by atoms with Crippen molar-refractivity contribution in [1.82, 2.24) is 15.3 Å². The highest BCUT2D eigenvalue weighted by Gasteiger charge is 2.41. The normalized spacial score (nSPS) is 18.9. The molecule has 0 aliphatic heterocycles. The van der Waals surface area contributed by atoms with Crippen LogP contribution in [-0.2, 0) is 4.74 Å². The maximum absolute atomic E-state index is 12.1. The molecule has 0 aromatic carbocycles. The van der Waals surface area contributed by atoms with Gasteiger partial charge in [-0.1, -0.05) is 13.3 Å². The van der Waals surface area contributed by atoms with Crippen molar-refractivity contribution >= 4 is 11.8 Å². The number of amides is 1. The number of ether oxygens (including phenoxy) is 2. The minimum atomic E-state index is -0.467. The molecule has 8 heteroatoms. The van der Waals surface area contributed by atoms with Crippen LogP contribution < -0.4 is 21.6 Å². The predicted molar refractivity (Wildman–Crippen MR) is 116 cm³/mol. The van der Waals surface area contributed by atoms with Gasteiger partial charge in [0.2, 0.25) is 0 Å². The number of rotatable bonds is 9. The highest BCUT2D eigenvalue weighted by Crippen LogP contribution is 2.48. The Hall–Kier alpha value is -2.48. The Morgan fingerprint density at radius 3 is 2.60 bits per heavy atom. The standard InChI is InChI=1S/C22H35N5O3/c1-3-22(11-12-22)15-29-21(28)26-14-19(27(2)24)20(23)18-10-9-17(13-25-18)30-16-7-5-4-6-8-16/h9-10,13,16H,3-8,11-12,14-15,23-24H2,1-2H3,(H,26,28)/b20-19-. The molecule has 5 N–H and O–H groups in total. The summed E-state index contributed by atoms with van der Waals surface area (Å²) in [6.07, 6.45) is 10.6. The van der Waals surface area contributed by atoms with Crippen molar-refractivity contribution in [2.45, 2.75) is 64.4 Å². The monoisotopic (exact) mass is 417 g/mol. The molecular weight excluding hydrogens is 382 g/mol. The van der Waals surface area contributed by atoms with Gasteiger partial charge in [-0.3, -0.25) is 4.98 Å². The van der Waals surface area contributed by atoms with Crippen molar-refractivity contribution in [2.24, 2.45) is 17.0 Å². The fourth-order valence-corrected chi connectivity index (χ4v) is 3.74. The number of hydrazine groups is 1. The zero-order valence-corrected chi connectivity index (χ0v) is 18.2. The molecule has 2 fully saturated rings. The third kappa shape index (κ3) is 6.01. The zero-order chi connectivity index (χ0) is 21.6. The summed E-state index contributed by atoms with van der Waals surface area (Å²) in [5.41, 5.74) is 8.02. The van der Waals surface area contributed by atoms with Gasteiger partial charge in [0.25, 0.3) is 0 Å². The molecule has 2 saturated carbocycles. The summed E-state index contributed by atoms with van der Waals surface area (Å²) >= 11 is 0. The number of nitrogens with zero attached hydrogens (tertiary/aromatic N) is 2. The van der Waals surface area contributed by atoms with Gasteiger partial charge in [-0.25, -0.2) is 10.6 Å². The molecule has 0 saturated heterocycles. The van der Waals surface area contributed by atoms with Gasteiger partial charge in [0, 0.05) is 12.5 Å². The number of carbonyl (C=O) groups is 1. The third-order valence-corrected chi connectivity index (χ3v) is 6.22. The van der Waals surface area contributed by atoms with Crippen LogP contribution in [0, 0.1) is 5.41 Å². The second kappa shape index (κ2) is 10.0. The van der Waals surface area contributed by atoms with Gasteiger partial charge in [-0.05, 0) is 57.1 Å². The van der Waals surface area contributed by atoms with Gasteiger partial charge >= 0.3 is 6.09 Å². The van der Waals surface area contributed by atoms with Crippen LogP contribution in [0.1, 0.15) is 64.0 Å². The minimum absolute atomic E-state index is 0.152. The van der Waals surface area contributed by atoms with Gasteiger partial charge in [0.15, 0.2) is 0 Å². The van der Waals surface area contributed by atoms with E-state index < -0.39 is 6.09 Å². The third-order valence-electron chi connectivity index (χ3n) is 6.22. The lowest BCUT2D eigenvalue weighted by Crippen LogP contribution is -2.37. The summed E-state index contributed by atoms with van der Waals surface area (Å²) < 4.78 is 11.4. The molecule has 0 bridgehead atoms. The summed E-state index contributed by atoms with van der Waals surface area (Å²) in [7, 11) is 1.67. The number of carbonyl (C=O) groups excluding carboxylic acids is 1. The fourth-order valence-electron chi connectivity index (χ4n) is 3.74. The molecule has 8 nitrogen and oxygen atoms in total. The molecule has 1 heterocycles. The Morgan fingerprint density at radius 1 is 1.30 bits per heavy atom. The van der Waals surface area contributed by atoms with Gasteiger partial charge in [-0.2, -0.15) is 0 Å². The fraction of sp³-hybridized carbons (Fsp3) is 0.636. The van der Waals surface area contributed by atoms with E-state index in [1.54, 1.807) is 13.2 Å². The van der Waals surface area contributed by atoms with Crippen LogP contribution in [0.4, 0.5) is 4.79 Å². The van der Waals surface area contributed by atoms with Gasteiger partial charge in [0.05, 0.1) is 42.5 Å². The quantitative estimate of drug-likeness (QED) is 0.417. The largest absolute Gasteiger partial charge is 0.489 e. The van der Waals surface area contributed by atoms with Crippen molar-refractivity contribution in [1.29, 1.82) is 0 Å². The molecule has 0 radical (unpaired) electrons. The summed E-state index contributed by atoms with van der Waals surface area (Å²) in [5.74, 6) is 6.68. The second-order valence-corrected chi connectivity index (χ2v) is 8.51.